The molecule has 1 fully saturated rings. The Bertz CT molecular complexity index is 3700. The quantitative estimate of drug-likeness (QED) is 0.0143. The molecule has 1 aliphatic carbocycles. The Kier molecular flexibility index (Phi) is 30.2. The van der Waals surface area contributed by atoms with Crippen molar-refractivity contribution in [2.24, 2.45) is 5.92 Å². The van der Waals surface area contributed by atoms with Gasteiger partial charge in [0, 0.05) is 55.4 Å². The molecule has 0 spiro atoms. The highest BCUT2D eigenvalue weighted by atomic mass is 33.1. The van der Waals surface area contributed by atoms with Crippen LogP contribution in [0.15, 0.2) is 182 Å². The van der Waals surface area contributed by atoms with Crippen LogP contribution in [0.1, 0.15) is 112 Å². The van der Waals surface area contributed by atoms with Crippen LogP contribution in [0, 0.1) is 5.92 Å². The van der Waals surface area contributed by atoms with E-state index >= 15 is 19.2 Å². The summed E-state index contributed by atoms with van der Waals surface area (Å²) >= 11 is 1.58. The van der Waals surface area contributed by atoms with Crippen molar-refractivity contribution in [2.45, 2.75) is 157 Å². The predicted molar refractivity (Wildman–Crippen MR) is 399 cm³/mol. The zero-order valence-electron chi connectivity index (χ0n) is 58.1. The van der Waals surface area contributed by atoms with Gasteiger partial charge in [-0.25, -0.2) is 4.79 Å². The van der Waals surface area contributed by atoms with Crippen molar-refractivity contribution in [1.29, 1.82) is 0 Å². The number of hydrogen-bond donors (Lipinski definition) is 11. The molecule has 102 heavy (non-hydrogen) atoms. The number of rotatable bonds is 26. The molecule has 2 aliphatic rings. The van der Waals surface area contributed by atoms with E-state index < -0.39 is 137 Å². The number of hydrogen-bond acceptors (Lipinski definition) is 16. The number of unbranched alkanes of at least 4 members (excludes halogenated alkanes) is 1. The second-order valence-corrected chi connectivity index (χ2v) is 30.4. The Morgan fingerprint density at radius 3 is 1.78 bits per heavy atom. The van der Waals surface area contributed by atoms with Crippen molar-refractivity contribution in [3.8, 4) is 0 Å². The molecule has 21 nitrogen and oxygen atoms in total. The molecule has 1 aliphatic heterocycles. The van der Waals surface area contributed by atoms with E-state index in [1.807, 2.05) is 103 Å². The summed E-state index contributed by atoms with van der Waals surface area (Å²) in [6, 6.07) is 45.9. The van der Waals surface area contributed by atoms with Crippen LogP contribution in [0.2, 0.25) is 0 Å². The maximum Gasteiger partial charge on any atom is 0.407 e. The van der Waals surface area contributed by atoms with E-state index in [0.717, 1.165) is 55.0 Å². The van der Waals surface area contributed by atoms with Crippen LogP contribution in [-0.2, 0) is 67.1 Å². The van der Waals surface area contributed by atoms with Crippen molar-refractivity contribution in [3.63, 3.8) is 0 Å². The van der Waals surface area contributed by atoms with Crippen LogP contribution in [0.4, 0.5) is 4.79 Å². The summed E-state index contributed by atoms with van der Waals surface area (Å²) in [7, 11) is 2.05. The zero-order chi connectivity index (χ0) is 73.2. The number of aliphatic hydroxyl groups excluding tert-OH is 3. The van der Waals surface area contributed by atoms with Gasteiger partial charge in [0.15, 0.2) is 5.78 Å². The summed E-state index contributed by atoms with van der Waals surface area (Å²) in [5.41, 5.74) is 6.15. The first-order valence-electron chi connectivity index (χ1n) is 34.5. The van der Waals surface area contributed by atoms with Crippen molar-refractivity contribution in [3.05, 3.63) is 221 Å². The van der Waals surface area contributed by atoms with E-state index in [1.54, 1.807) is 75.0 Å². The summed E-state index contributed by atoms with van der Waals surface area (Å²) in [5, 5.41) is 54.1. The second kappa shape index (κ2) is 39.0. The van der Waals surface area contributed by atoms with Crippen LogP contribution < -0.4 is 42.5 Å². The van der Waals surface area contributed by atoms with E-state index in [2.05, 4.69) is 78.9 Å². The van der Waals surface area contributed by atoms with Gasteiger partial charge in [0.1, 0.15) is 35.8 Å². The number of alkyl carbamates (subject to hydrolysis) is 1. The molecule has 0 bridgehead atoms. The van der Waals surface area contributed by atoms with E-state index in [1.165, 1.54) is 13.8 Å². The molecule has 10 atom stereocenters. The predicted octanol–water partition coefficient (Wildman–Crippen LogP) is 7.43. The van der Waals surface area contributed by atoms with Crippen molar-refractivity contribution >= 4 is 92.1 Å². The van der Waals surface area contributed by atoms with Crippen molar-refractivity contribution in [1.82, 2.24) is 42.5 Å². The number of nitrogens with one attached hydrogen (secondary N) is 8. The molecule has 8 rings (SSSR count). The lowest BCUT2D eigenvalue weighted by molar-refractivity contribution is -0.137. The normalized spacial score (nSPS) is 20.0. The van der Waals surface area contributed by atoms with E-state index in [-0.39, 0.29) is 63.0 Å². The largest absolute Gasteiger partial charge is 0.444 e. The van der Waals surface area contributed by atoms with E-state index in [9.17, 15) is 39.3 Å². The number of carbonyl (C=O) groups excluding carboxylic acids is 9. The highest BCUT2D eigenvalue weighted by Crippen LogP contribution is 2.48. The van der Waals surface area contributed by atoms with Gasteiger partial charge < -0.3 is 62.6 Å². The number of fused-ring (bicyclic) bond motifs is 1. The van der Waals surface area contributed by atoms with Crippen LogP contribution in [0.3, 0.4) is 0 Å². The molecule has 8 amide bonds. The average molecular weight is 1450 g/mol. The third kappa shape index (κ3) is 23.4. The molecule has 0 saturated carbocycles. The Morgan fingerprint density at radius 2 is 1.20 bits per heavy atom. The number of thioether (sulfide) groups is 1. The first-order valence-corrected chi connectivity index (χ1v) is 38.0. The maximum absolute atomic E-state index is 15.5. The number of benzene rings is 6. The molecule has 0 aromatic heterocycles. The third-order valence-electron chi connectivity index (χ3n) is 17.5. The molecule has 11 N–H and O–H groups in total. The number of ether oxygens (including phenoxy) is 1. The first-order chi connectivity index (χ1) is 49.0. The Morgan fingerprint density at radius 1 is 0.637 bits per heavy atom. The van der Waals surface area contributed by atoms with Crippen LogP contribution in [0.25, 0.3) is 5.57 Å². The molecule has 1 unspecified atom stereocenters. The number of amides is 8. The van der Waals surface area contributed by atoms with Gasteiger partial charge >= 0.3 is 6.09 Å². The minimum atomic E-state index is -1.75. The number of aliphatic hydroxyl groups is 3. The molecule has 24 heteroatoms. The standard InChI is InChI=1S/C78H94N8O13S3/c1-50(88)64(47-87)83-74(96)66-49-102-101-48-65(84-72(94)62(44-53-27-13-7-14-28-53)80-68(91)40-42-100-78(57-30-15-8-16-31-57,58-32-17-9-18-33-58)59-34-19-10-20-35-59)67(90)46-56(43-52-25-11-6-12-26-52)70(92)82-63(45-55-39-38-54-29-21-22-36-60(54)55)73(95)81-61(71(93)86-69(51(2)89)75(97)85-66)37-23-24-41-79-76(98)99-77(3,4)5/h6-22,25-36,39,50-51,56,61-66,69,87-89H,23-24,37-38,40-49H2,1-5H3,(H,79,98)(H,80,91)(H,81,95)(H,82,92)(H,83,96)(H,84,94)(H,85,97)(H,86,93)/t50-,51-,56-,61+,62-,63-,64-,65+,66?,69+/m1/s1. The number of allylic oxidation sites excluding steroid dienone is 1. The average Bonchev–Trinajstić information content (AvgIpc) is 0.886. The highest BCUT2D eigenvalue weighted by Gasteiger charge is 2.40. The zero-order valence-corrected chi connectivity index (χ0v) is 60.6. The highest BCUT2D eigenvalue weighted by molar-refractivity contribution is 8.76. The minimum absolute atomic E-state index is 0.00742. The van der Waals surface area contributed by atoms with Gasteiger partial charge in [0.25, 0.3) is 0 Å². The van der Waals surface area contributed by atoms with Gasteiger partial charge in [-0.15, -0.1) is 11.8 Å². The topological polar surface area (TPSA) is 320 Å². The summed E-state index contributed by atoms with van der Waals surface area (Å²) in [6.07, 6.45) is -1.21. The van der Waals surface area contributed by atoms with Gasteiger partial charge in [0.2, 0.25) is 41.4 Å². The molecule has 0 radical (unpaired) electrons. The Balaban J connectivity index is 1.14. The smallest absolute Gasteiger partial charge is 0.407 e. The number of Topliss-reactive ketones (excluding diaryl/α,β-unsaturated/α-hetero) is 1. The Hall–Kier alpha value is -8.78. The molecular formula is C78H94N8O13S3. The van der Waals surface area contributed by atoms with Crippen molar-refractivity contribution < 1.29 is 63.2 Å². The number of ketones is 1. The van der Waals surface area contributed by atoms with Crippen LogP contribution in [0.5, 0.6) is 0 Å². The second-order valence-electron chi connectivity index (χ2n) is 26.5. The SMILES string of the molecule is C[C@@H](O)[C@@H]1NC(=O)[C@H](CCCCNC(=O)OC(C)(C)C)NC(=O)[C@@H](CC2=CCc3ccccc32)NC(=O)[C@H](Cc2ccccc2)CC(=O)[C@@H](NC(=O)[C@@H](Cc2ccccc2)NC(=O)CCSC(c2ccccc2)(c2ccccc2)c2ccccc2)CSSCC(C(=O)N[C@H](CO)[C@@H](C)O)NC1=O. The van der Waals surface area contributed by atoms with Crippen molar-refractivity contribution in [2.75, 3.05) is 30.4 Å². The lowest BCUT2D eigenvalue weighted by Crippen LogP contribution is -2.61. The summed E-state index contributed by atoms with van der Waals surface area (Å²) in [6.45, 7) is 7.18. The third-order valence-corrected chi connectivity index (χ3v) is 21.5. The van der Waals surface area contributed by atoms with Crippen LogP contribution >= 0.6 is 33.3 Å². The fourth-order valence-corrected chi connectivity index (χ4v) is 16.0. The monoisotopic (exact) mass is 1450 g/mol. The van der Waals surface area contributed by atoms with Gasteiger partial charge in [-0.3, -0.25) is 38.4 Å². The molecule has 6 aromatic rings. The fraction of sp³-hybridized carbons (Fsp3) is 0.397. The van der Waals surface area contributed by atoms with E-state index in [0.29, 0.717) is 23.3 Å². The Labute approximate surface area is 608 Å². The molecule has 542 valence electrons. The molecular weight excluding hydrogens is 1350 g/mol. The van der Waals surface area contributed by atoms with E-state index in [4.69, 9.17) is 4.74 Å². The lowest BCUT2D eigenvalue weighted by Gasteiger charge is -2.35. The van der Waals surface area contributed by atoms with Gasteiger partial charge in [-0.2, -0.15) is 0 Å². The summed E-state index contributed by atoms with van der Waals surface area (Å²) in [4.78, 5) is 132. The molecule has 1 heterocycles. The van der Waals surface area contributed by atoms with Gasteiger partial charge in [0.05, 0.1) is 35.6 Å². The van der Waals surface area contributed by atoms with Gasteiger partial charge in [-0.05, 0) is 111 Å². The van der Waals surface area contributed by atoms with Crippen LogP contribution in [-0.4, -0.2) is 159 Å². The summed E-state index contributed by atoms with van der Waals surface area (Å²) < 4.78 is 4.64. The first kappa shape index (κ1) is 78.9. The number of carbonyl (C=O) groups is 9. The minimum Gasteiger partial charge on any atom is -0.444 e. The molecule has 1 saturated heterocycles. The lowest BCUT2D eigenvalue weighted by atomic mass is 9.84. The molecule has 6 aromatic carbocycles. The fourth-order valence-electron chi connectivity index (χ4n) is 12.1. The van der Waals surface area contributed by atoms with Gasteiger partial charge in [-0.1, -0.05) is 204 Å². The summed E-state index contributed by atoms with van der Waals surface area (Å²) in [5.74, 6) is -7.41. The maximum atomic E-state index is 15.5.